The highest BCUT2D eigenvalue weighted by atomic mass is 14.7. The lowest BCUT2D eigenvalue weighted by Gasteiger charge is -2.03. The molecule has 3 rings (SSSR count). The zero-order valence-corrected chi connectivity index (χ0v) is 9.36. The summed E-state index contributed by atoms with van der Waals surface area (Å²) in [5.74, 6) is 0. The lowest BCUT2D eigenvalue weighted by atomic mass is 10.1. The van der Waals surface area contributed by atoms with E-state index >= 15 is 0 Å². The van der Waals surface area contributed by atoms with Gasteiger partial charge in [-0.25, -0.2) is 0 Å². The maximum atomic E-state index is 4.32. The van der Waals surface area contributed by atoms with E-state index in [1.807, 2.05) is 26.2 Å². The van der Waals surface area contributed by atoms with Crippen molar-refractivity contribution in [2.75, 3.05) is 0 Å². The van der Waals surface area contributed by atoms with E-state index in [9.17, 15) is 0 Å². The Bertz CT molecular complexity index is 625. The third-order valence-corrected chi connectivity index (χ3v) is 2.83. The minimum absolute atomic E-state index is 1.05. The molecule has 2 aromatic heterocycles. The second kappa shape index (κ2) is 3.27. The molecule has 0 aliphatic heterocycles. The molecule has 2 heteroatoms. The topological polar surface area (TPSA) is 25.8 Å². The van der Waals surface area contributed by atoms with Gasteiger partial charge in [-0.1, -0.05) is 0 Å². The molecule has 0 aliphatic rings. The van der Waals surface area contributed by atoms with Gasteiger partial charge < -0.3 is 0 Å². The zero-order chi connectivity index (χ0) is 11.1. The summed E-state index contributed by atoms with van der Waals surface area (Å²) in [7, 11) is 0. The highest BCUT2D eigenvalue weighted by molar-refractivity contribution is 5.97. The fraction of sp³-hybridized carbons (Fsp3) is 0.143. The molecule has 0 fully saturated rings. The Balaban J connectivity index is 2.44. The van der Waals surface area contributed by atoms with Crippen molar-refractivity contribution >= 4 is 21.5 Å². The monoisotopic (exact) mass is 208 g/mol. The van der Waals surface area contributed by atoms with Crippen LogP contribution in [0, 0.1) is 13.8 Å². The highest BCUT2D eigenvalue weighted by Gasteiger charge is 1.99. The van der Waals surface area contributed by atoms with Crippen molar-refractivity contribution in [3.63, 3.8) is 0 Å². The molecule has 1 aromatic carbocycles. The molecule has 0 bridgehead atoms. The second-order valence-corrected chi connectivity index (χ2v) is 4.20. The zero-order valence-electron chi connectivity index (χ0n) is 9.36. The van der Waals surface area contributed by atoms with Crippen LogP contribution in [-0.2, 0) is 0 Å². The van der Waals surface area contributed by atoms with Crippen LogP contribution >= 0.6 is 0 Å². The summed E-state index contributed by atoms with van der Waals surface area (Å²) in [6.07, 6.45) is 3.86. The van der Waals surface area contributed by atoms with Crippen LogP contribution in [0.1, 0.15) is 11.4 Å². The van der Waals surface area contributed by atoms with E-state index in [1.54, 1.807) is 0 Å². The van der Waals surface area contributed by atoms with E-state index < -0.39 is 0 Å². The second-order valence-electron chi connectivity index (χ2n) is 4.20. The van der Waals surface area contributed by atoms with Gasteiger partial charge in [0, 0.05) is 34.6 Å². The minimum Gasteiger partial charge on any atom is -0.261 e. The van der Waals surface area contributed by atoms with Gasteiger partial charge in [-0.05, 0) is 48.9 Å². The fourth-order valence-electron chi connectivity index (χ4n) is 2.01. The van der Waals surface area contributed by atoms with Crippen LogP contribution < -0.4 is 0 Å². The van der Waals surface area contributed by atoms with Crippen LogP contribution in [0.2, 0.25) is 0 Å². The largest absolute Gasteiger partial charge is 0.261 e. The molecule has 0 radical (unpaired) electrons. The summed E-state index contributed by atoms with van der Waals surface area (Å²) in [5.41, 5.74) is 2.10. The van der Waals surface area contributed by atoms with Gasteiger partial charge in [0.1, 0.15) is 0 Å². The summed E-state index contributed by atoms with van der Waals surface area (Å²) in [6, 6.07) is 8.56. The lowest BCUT2D eigenvalue weighted by molar-refractivity contribution is 1.22. The Morgan fingerprint density at radius 2 is 1.06 bits per heavy atom. The van der Waals surface area contributed by atoms with Crippen molar-refractivity contribution < 1.29 is 0 Å². The average molecular weight is 208 g/mol. The molecule has 78 valence electrons. The number of nitrogens with zero attached hydrogens (tertiary/aromatic N) is 2. The number of aryl methyl sites for hydroxylation is 2. The molecule has 2 nitrogen and oxygen atoms in total. The Hall–Kier alpha value is -1.96. The molecule has 0 unspecified atom stereocenters. The van der Waals surface area contributed by atoms with Gasteiger partial charge in [0.05, 0.1) is 0 Å². The number of fused-ring (bicyclic) bond motifs is 2. The van der Waals surface area contributed by atoms with E-state index in [1.165, 1.54) is 21.5 Å². The van der Waals surface area contributed by atoms with Crippen LogP contribution in [0.3, 0.4) is 0 Å². The van der Waals surface area contributed by atoms with Gasteiger partial charge >= 0.3 is 0 Å². The third-order valence-electron chi connectivity index (χ3n) is 2.83. The maximum Gasteiger partial charge on any atom is 0.0379 e. The van der Waals surface area contributed by atoms with E-state index in [4.69, 9.17) is 0 Å². The predicted molar refractivity (Wildman–Crippen MR) is 66.5 cm³/mol. The van der Waals surface area contributed by atoms with E-state index in [2.05, 4.69) is 34.2 Å². The van der Waals surface area contributed by atoms with Gasteiger partial charge in [0.15, 0.2) is 0 Å². The predicted octanol–water partition coefficient (Wildman–Crippen LogP) is 3.40. The number of aromatic nitrogens is 2. The lowest BCUT2D eigenvalue weighted by Crippen LogP contribution is -1.84. The third kappa shape index (κ3) is 1.43. The molecule has 0 atom stereocenters. The van der Waals surface area contributed by atoms with Crippen molar-refractivity contribution in [2.45, 2.75) is 13.8 Å². The molecule has 0 saturated heterocycles. The standard InChI is InChI=1S/C14H12N2/c1-9-3-11-5-14-8-16-10(2)4-12(14)6-13(11)7-15-9/h3-8H,1-2H3. The van der Waals surface area contributed by atoms with Crippen molar-refractivity contribution in [1.29, 1.82) is 0 Å². The Labute approximate surface area is 94.0 Å². The fourth-order valence-corrected chi connectivity index (χ4v) is 2.01. The minimum atomic E-state index is 1.05. The number of hydrogen-bond acceptors (Lipinski definition) is 2. The van der Waals surface area contributed by atoms with E-state index in [0.29, 0.717) is 0 Å². The molecule has 16 heavy (non-hydrogen) atoms. The Morgan fingerprint density at radius 1 is 0.625 bits per heavy atom. The quantitative estimate of drug-likeness (QED) is 0.529. The number of hydrogen-bond donors (Lipinski definition) is 0. The summed E-state index contributed by atoms with van der Waals surface area (Å²) >= 11 is 0. The SMILES string of the molecule is Cc1cc2cc3cnc(C)cc3cc2cn1. The average Bonchev–Trinajstić information content (AvgIpc) is 2.26. The summed E-state index contributed by atoms with van der Waals surface area (Å²) < 4.78 is 0. The first kappa shape index (κ1) is 9.28. The first-order valence-corrected chi connectivity index (χ1v) is 5.35. The van der Waals surface area contributed by atoms with Crippen LogP contribution in [0.25, 0.3) is 21.5 Å². The van der Waals surface area contributed by atoms with Gasteiger partial charge in [-0.2, -0.15) is 0 Å². The van der Waals surface area contributed by atoms with E-state index in [-0.39, 0.29) is 0 Å². The van der Waals surface area contributed by atoms with Crippen LogP contribution in [-0.4, -0.2) is 9.97 Å². The molecular formula is C14H12N2. The van der Waals surface area contributed by atoms with Crippen LogP contribution in [0.4, 0.5) is 0 Å². The number of pyridine rings is 2. The van der Waals surface area contributed by atoms with Crippen molar-refractivity contribution in [2.24, 2.45) is 0 Å². The molecule has 0 N–H and O–H groups in total. The summed E-state index contributed by atoms with van der Waals surface area (Å²) in [5, 5.41) is 4.82. The Kier molecular flexibility index (Phi) is 1.90. The van der Waals surface area contributed by atoms with Gasteiger partial charge in [-0.15, -0.1) is 0 Å². The van der Waals surface area contributed by atoms with Crippen molar-refractivity contribution in [1.82, 2.24) is 9.97 Å². The number of benzene rings is 1. The van der Waals surface area contributed by atoms with Crippen molar-refractivity contribution in [3.05, 3.63) is 48.0 Å². The van der Waals surface area contributed by atoms with Crippen LogP contribution in [0.15, 0.2) is 36.7 Å². The van der Waals surface area contributed by atoms with E-state index in [0.717, 1.165) is 11.4 Å². The normalized spacial score (nSPS) is 11.1. The number of rotatable bonds is 0. The molecular weight excluding hydrogens is 196 g/mol. The molecule has 0 spiro atoms. The summed E-state index contributed by atoms with van der Waals surface area (Å²) in [6.45, 7) is 4.02. The summed E-state index contributed by atoms with van der Waals surface area (Å²) in [4.78, 5) is 8.64. The molecule has 0 saturated carbocycles. The molecule has 0 aliphatic carbocycles. The first-order chi connectivity index (χ1) is 7.72. The smallest absolute Gasteiger partial charge is 0.0379 e. The van der Waals surface area contributed by atoms with Crippen LogP contribution in [0.5, 0.6) is 0 Å². The molecule has 2 heterocycles. The van der Waals surface area contributed by atoms with Crippen molar-refractivity contribution in [3.8, 4) is 0 Å². The first-order valence-electron chi connectivity index (χ1n) is 5.35. The highest BCUT2D eigenvalue weighted by Crippen LogP contribution is 2.22. The maximum absolute atomic E-state index is 4.32. The molecule has 3 aromatic rings. The molecule has 0 amide bonds. The van der Waals surface area contributed by atoms with Gasteiger partial charge in [0.25, 0.3) is 0 Å². The van der Waals surface area contributed by atoms with Gasteiger partial charge in [0.2, 0.25) is 0 Å². The Morgan fingerprint density at radius 3 is 1.50 bits per heavy atom. The van der Waals surface area contributed by atoms with Gasteiger partial charge in [-0.3, -0.25) is 9.97 Å².